The number of carbonyl (C=O) groups excluding carboxylic acids is 2. The maximum Gasteiger partial charge on any atom is 0.321 e. The van der Waals surface area contributed by atoms with Crippen LogP contribution >= 0.6 is 0 Å². The van der Waals surface area contributed by atoms with E-state index in [0.29, 0.717) is 37.6 Å². The van der Waals surface area contributed by atoms with Crippen molar-refractivity contribution in [2.45, 2.75) is 19.9 Å². The highest BCUT2D eigenvalue weighted by atomic mass is 19.1. The minimum absolute atomic E-state index is 0.204. The van der Waals surface area contributed by atoms with Gasteiger partial charge in [-0.05, 0) is 38.1 Å². The summed E-state index contributed by atoms with van der Waals surface area (Å²) in [5.74, 6) is -0.608. The number of nitrogens with one attached hydrogen (secondary N) is 2. The Hall–Kier alpha value is -3.53. The predicted molar refractivity (Wildman–Crippen MR) is 120 cm³/mol. The fourth-order valence-corrected chi connectivity index (χ4v) is 3.87. The third-order valence-electron chi connectivity index (χ3n) is 5.74. The van der Waals surface area contributed by atoms with Gasteiger partial charge in [0.25, 0.3) is 0 Å². The maximum absolute atomic E-state index is 13.3. The quantitative estimate of drug-likeness (QED) is 0.652. The zero-order valence-corrected chi connectivity index (χ0v) is 18.3. The normalized spacial score (nSPS) is 15.6. The molecule has 0 spiro atoms. The molecule has 4 rings (SSSR count). The average molecular weight is 439 g/mol. The van der Waals surface area contributed by atoms with Crippen LogP contribution in [0.25, 0.3) is 11.0 Å². The lowest BCUT2D eigenvalue weighted by molar-refractivity contribution is -0.121. The molecule has 2 N–H and O–H groups in total. The van der Waals surface area contributed by atoms with Crippen molar-refractivity contribution in [2.75, 3.05) is 36.8 Å². The van der Waals surface area contributed by atoms with Crippen molar-refractivity contribution in [3.8, 4) is 0 Å². The zero-order chi connectivity index (χ0) is 22.8. The lowest BCUT2D eigenvalue weighted by atomic mass is 10.2. The summed E-state index contributed by atoms with van der Waals surface area (Å²) >= 11 is 0. The van der Waals surface area contributed by atoms with Crippen LogP contribution in [0.4, 0.5) is 20.6 Å². The lowest BCUT2D eigenvalue weighted by Gasteiger charge is -2.37. The molecule has 3 amide bonds. The van der Waals surface area contributed by atoms with Gasteiger partial charge in [-0.25, -0.2) is 14.2 Å². The van der Waals surface area contributed by atoms with Gasteiger partial charge >= 0.3 is 6.03 Å². The van der Waals surface area contributed by atoms with Crippen LogP contribution in [0.3, 0.4) is 0 Å². The number of carbonyl (C=O) groups is 2. The molecule has 2 aromatic heterocycles. The van der Waals surface area contributed by atoms with E-state index in [9.17, 15) is 14.0 Å². The van der Waals surface area contributed by atoms with E-state index in [1.165, 1.54) is 12.1 Å². The molecule has 0 saturated carbocycles. The highest BCUT2D eigenvalue weighted by molar-refractivity contribution is 5.95. The summed E-state index contributed by atoms with van der Waals surface area (Å²) in [6.45, 7) is 5.81. The maximum atomic E-state index is 13.3. The van der Waals surface area contributed by atoms with Gasteiger partial charge in [0.2, 0.25) is 5.91 Å². The summed E-state index contributed by atoms with van der Waals surface area (Å²) in [6, 6.07) is 7.08. The van der Waals surface area contributed by atoms with Gasteiger partial charge in [0.05, 0.1) is 23.6 Å². The molecular formula is C22H26FN7O2. The number of rotatable bonds is 4. The van der Waals surface area contributed by atoms with Gasteiger partial charge in [0, 0.05) is 44.3 Å². The third-order valence-corrected chi connectivity index (χ3v) is 5.74. The second-order valence-electron chi connectivity index (χ2n) is 7.93. The standard InChI is InChI=1S/C22H26FN7O2/c1-14-19-12-18(13-24-20(19)28(3)27-14)26-22(32)30-9-7-29(8-10-30)15(2)21(31)25-17-6-4-5-16(23)11-17/h4-6,11-13,15H,7-10H2,1-3H3,(H,25,31)(H,26,32)/t15-/m1/s1. The number of pyridine rings is 1. The van der Waals surface area contributed by atoms with E-state index in [1.807, 2.05) is 31.9 Å². The van der Waals surface area contributed by atoms with Crippen LogP contribution in [0.1, 0.15) is 12.6 Å². The lowest BCUT2D eigenvalue weighted by Crippen LogP contribution is -2.54. The Bertz CT molecular complexity index is 1150. The fraction of sp³-hybridized carbons (Fsp3) is 0.364. The van der Waals surface area contributed by atoms with Crippen LogP contribution < -0.4 is 10.6 Å². The van der Waals surface area contributed by atoms with Crippen molar-refractivity contribution < 1.29 is 14.0 Å². The first-order valence-corrected chi connectivity index (χ1v) is 10.5. The molecule has 1 atom stereocenters. The van der Waals surface area contributed by atoms with E-state index in [1.54, 1.807) is 27.9 Å². The molecule has 3 heterocycles. The third kappa shape index (κ3) is 4.54. The van der Waals surface area contributed by atoms with E-state index in [4.69, 9.17) is 0 Å². The number of urea groups is 1. The molecule has 0 aliphatic carbocycles. The molecule has 3 aromatic rings. The summed E-state index contributed by atoms with van der Waals surface area (Å²) in [5.41, 5.74) is 2.66. The first kappa shape index (κ1) is 21.7. The van der Waals surface area contributed by atoms with Gasteiger partial charge < -0.3 is 15.5 Å². The van der Waals surface area contributed by atoms with Crippen LogP contribution in [0.2, 0.25) is 0 Å². The Kier molecular flexibility index (Phi) is 6.04. The topological polar surface area (TPSA) is 95.4 Å². The molecule has 10 heteroatoms. The van der Waals surface area contributed by atoms with Gasteiger partial charge in [-0.3, -0.25) is 14.4 Å². The first-order valence-electron chi connectivity index (χ1n) is 10.5. The smallest absolute Gasteiger partial charge is 0.321 e. The zero-order valence-electron chi connectivity index (χ0n) is 18.3. The van der Waals surface area contributed by atoms with E-state index in [0.717, 1.165) is 16.7 Å². The summed E-state index contributed by atoms with van der Waals surface area (Å²) < 4.78 is 15.0. The molecular weight excluding hydrogens is 413 g/mol. The van der Waals surface area contributed by atoms with Crippen LogP contribution in [-0.2, 0) is 11.8 Å². The predicted octanol–water partition coefficient (Wildman–Crippen LogP) is 2.59. The van der Waals surface area contributed by atoms with Crippen molar-refractivity contribution in [3.05, 3.63) is 48.0 Å². The largest absolute Gasteiger partial charge is 0.325 e. The monoisotopic (exact) mass is 439 g/mol. The van der Waals surface area contributed by atoms with Crippen LogP contribution in [-0.4, -0.2) is 68.7 Å². The molecule has 0 unspecified atom stereocenters. The summed E-state index contributed by atoms with van der Waals surface area (Å²) in [4.78, 5) is 33.4. The number of anilines is 2. The number of fused-ring (bicyclic) bond motifs is 1. The van der Waals surface area contributed by atoms with Crippen molar-refractivity contribution >= 4 is 34.3 Å². The summed E-state index contributed by atoms with van der Waals surface area (Å²) in [7, 11) is 1.83. The number of hydrogen-bond donors (Lipinski definition) is 2. The van der Waals surface area contributed by atoms with Gasteiger partial charge in [-0.2, -0.15) is 5.10 Å². The fourth-order valence-electron chi connectivity index (χ4n) is 3.87. The SMILES string of the molecule is Cc1nn(C)c2ncc(NC(=O)N3CCN([C@H](C)C(=O)Nc4cccc(F)c4)CC3)cc12. The Morgan fingerprint density at radius 1 is 1.09 bits per heavy atom. The van der Waals surface area contributed by atoms with Crippen LogP contribution in [0.5, 0.6) is 0 Å². The summed E-state index contributed by atoms with van der Waals surface area (Å²) in [6.07, 6.45) is 1.62. The van der Waals surface area contributed by atoms with E-state index >= 15 is 0 Å². The number of amides is 3. The van der Waals surface area contributed by atoms with E-state index in [2.05, 4.69) is 20.7 Å². The number of aryl methyl sites for hydroxylation is 2. The number of hydrogen-bond acceptors (Lipinski definition) is 5. The second kappa shape index (κ2) is 8.91. The Morgan fingerprint density at radius 2 is 1.84 bits per heavy atom. The second-order valence-corrected chi connectivity index (χ2v) is 7.93. The highest BCUT2D eigenvalue weighted by Gasteiger charge is 2.27. The molecule has 0 radical (unpaired) electrons. The molecule has 9 nitrogen and oxygen atoms in total. The molecule has 1 aliphatic rings. The molecule has 168 valence electrons. The molecule has 32 heavy (non-hydrogen) atoms. The number of piperazine rings is 1. The number of nitrogens with zero attached hydrogens (tertiary/aromatic N) is 5. The molecule has 1 saturated heterocycles. The summed E-state index contributed by atoms with van der Waals surface area (Å²) in [5, 5.41) is 10.9. The average Bonchev–Trinajstić information content (AvgIpc) is 3.06. The van der Waals surface area contributed by atoms with Gasteiger partial charge in [-0.15, -0.1) is 0 Å². The number of halogens is 1. The van der Waals surface area contributed by atoms with Gasteiger partial charge in [0.15, 0.2) is 5.65 Å². The molecule has 1 aromatic carbocycles. The minimum Gasteiger partial charge on any atom is -0.325 e. The van der Waals surface area contributed by atoms with Crippen LogP contribution in [0, 0.1) is 12.7 Å². The Labute approximate surface area is 185 Å². The molecule has 0 bridgehead atoms. The number of aromatic nitrogens is 3. The van der Waals surface area contributed by atoms with Crippen LogP contribution in [0.15, 0.2) is 36.5 Å². The molecule has 1 fully saturated rings. The Balaban J connectivity index is 1.31. The van der Waals surface area contributed by atoms with Crippen molar-refractivity contribution in [3.63, 3.8) is 0 Å². The van der Waals surface area contributed by atoms with E-state index in [-0.39, 0.29) is 11.9 Å². The minimum atomic E-state index is -0.400. The van der Waals surface area contributed by atoms with Crippen molar-refractivity contribution in [1.29, 1.82) is 0 Å². The number of benzene rings is 1. The Morgan fingerprint density at radius 3 is 2.56 bits per heavy atom. The first-order chi connectivity index (χ1) is 15.3. The molecule has 1 aliphatic heterocycles. The van der Waals surface area contributed by atoms with Gasteiger partial charge in [0.1, 0.15) is 5.82 Å². The van der Waals surface area contributed by atoms with Crippen molar-refractivity contribution in [2.24, 2.45) is 7.05 Å². The van der Waals surface area contributed by atoms with Gasteiger partial charge in [-0.1, -0.05) is 6.07 Å². The van der Waals surface area contributed by atoms with Crippen molar-refractivity contribution in [1.82, 2.24) is 24.6 Å². The van der Waals surface area contributed by atoms with E-state index < -0.39 is 11.9 Å². The highest BCUT2D eigenvalue weighted by Crippen LogP contribution is 2.20.